The summed E-state index contributed by atoms with van der Waals surface area (Å²) in [6.07, 6.45) is -4.77. The van der Waals surface area contributed by atoms with Crippen molar-refractivity contribution in [1.82, 2.24) is 14.3 Å². The van der Waals surface area contributed by atoms with Gasteiger partial charge in [-0.3, -0.25) is 4.90 Å². The van der Waals surface area contributed by atoms with Crippen LogP contribution in [-0.4, -0.2) is 69.9 Å². The number of aromatic nitrogens is 2. The first-order valence-electron chi connectivity index (χ1n) is 11.5. The highest BCUT2D eigenvalue weighted by Gasteiger charge is 2.34. The van der Waals surface area contributed by atoms with Crippen LogP contribution in [0.4, 0.5) is 27.1 Å². The second kappa shape index (κ2) is 12.2. The van der Waals surface area contributed by atoms with Gasteiger partial charge in [-0.1, -0.05) is 0 Å². The van der Waals surface area contributed by atoms with E-state index in [1.54, 1.807) is 0 Å². The van der Waals surface area contributed by atoms with Gasteiger partial charge in [0.05, 0.1) is 32.4 Å². The zero-order valence-electron chi connectivity index (χ0n) is 21.1. The highest BCUT2D eigenvalue weighted by Crippen LogP contribution is 2.38. The lowest BCUT2D eigenvalue weighted by Crippen LogP contribution is -2.36. The van der Waals surface area contributed by atoms with E-state index < -0.39 is 56.5 Å². The number of nitrogens with zero attached hydrogens (tertiary/aromatic N) is 4. The van der Waals surface area contributed by atoms with E-state index >= 15 is 4.39 Å². The molecular weight excluding hydrogens is 587 g/mol. The molecule has 1 aliphatic rings. The lowest BCUT2D eigenvalue weighted by atomic mass is 10.2. The second-order valence-corrected chi connectivity index (χ2v) is 10.9. The Hall–Kier alpha value is -3.12. The van der Waals surface area contributed by atoms with Crippen LogP contribution in [0.25, 0.3) is 0 Å². The maximum absolute atomic E-state index is 15.1. The van der Waals surface area contributed by atoms with E-state index in [1.807, 2.05) is 4.90 Å². The molecule has 1 saturated heterocycles. The Morgan fingerprint density at radius 3 is 2.40 bits per heavy atom. The number of ether oxygens (including phenoxy) is 4. The van der Waals surface area contributed by atoms with Crippen LogP contribution in [0.3, 0.4) is 0 Å². The maximum Gasteiger partial charge on any atom is 0.416 e. The summed E-state index contributed by atoms with van der Waals surface area (Å²) in [5.41, 5.74) is -1.15. The summed E-state index contributed by atoms with van der Waals surface area (Å²) < 4.78 is 121. The monoisotopic (exact) mass is 610 g/mol. The summed E-state index contributed by atoms with van der Waals surface area (Å²) in [5, 5.41) is -0.138. The molecule has 0 bridgehead atoms. The van der Waals surface area contributed by atoms with E-state index in [1.165, 1.54) is 7.11 Å². The molecule has 0 radical (unpaired) electrons. The molecule has 2 aromatic carbocycles. The number of halogens is 5. The van der Waals surface area contributed by atoms with Crippen molar-refractivity contribution in [2.45, 2.75) is 17.6 Å². The molecule has 0 N–H and O–H groups in total. The van der Waals surface area contributed by atoms with Crippen LogP contribution in [0.5, 0.6) is 17.2 Å². The Kier molecular flexibility index (Phi) is 9.09. The largest absolute Gasteiger partial charge is 0.497 e. The molecule has 218 valence electrons. The number of morpholine rings is 1. The topological polar surface area (TPSA) is 103 Å². The zero-order chi connectivity index (χ0) is 29.1. The Morgan fingerprint density at radius 1 is 1.05 bits per heavy atom. The van der Waals surface area contributed by atoms with E-state index in [2.05, 4.69) is 9.36 Å². The standard InChI is InChI=1S/C23H23F5N4O6S2/c1-35-13-32(22-29-21(30-39-22)12-31-3-5-37-6-4-31)40(33,34)20-11-17(24)19(10-18(20)25)38-16-8-14(23(26,27)28)7-15(9-16)36-2/h7-11H,3-6,12-13H2,1-2H3. The first-order valence-corrected chi connectivity index (χ1v) is 13.7. The van der Waals surface area contributed by atoms with Crippen LogP contribution in [0.1, 0.15) is 11.4 Å². The number of hydrogen-bond donors (Lipinski definition) is 0. The van der Waals surface area contributed by atoms with Crippen molar-refractivity contribution in [2.75, 3.05) is 51.6 Å². The fraction of sp³-hybridized carbons (Fsp3) is 0.391. The number of anilines is 1. The number of hydrogen-bond acceptors (Lipinski definition) is 10. The lowest BCUT2D eigenvalue weighted by Gasteiger charge is -2.25. The van der Waals surface area contributed by atoms with Crippen LogP contribution in [0, 0.1) is 11.6 Å². The molecule has 10 nitrogen and oxygen atoms in total. The molecule has 4 rings (SSSR count). The maximum atomic E-state index is 15.1. The zero-order valence-corrected chi connectivity index (χ0v) is 22.7. The molecule has 0 unspecified atom stereocenters. The number of benzene rings is 2. The fourth-order valence-corrected chi connectivity index (χ4v) is 5.91. The van der Waals surface area contributed by atoms with Gasteiger partial charge in [0, 0.05) is 49.9 Å². The molecule has 0 aliphatic carbocycles. The van der Waals surface area contributed by atoms with Crippen molar-refractivity contribution < 1.29 is 49.3 Å². The minimum atomic E-state index is -4.77. The normalized spacial score (nSPS) is 14.8. The van der Waals surface area contributed by atoms with Gasteiger partial charge in [0.1, 0.15) is 28.9 Å². The molecule has 0 atom stereocenters. The predicted octanol–water partition coefficient (Wildman–Crippen LogP) is 4.27. The van der Waals surface area contributed by atoms with Gasteiger partial charge in [0.15, 0.2) is 17.4 Å². The Labute approximate surface area is 230 Å². The van der Waals surface area contributed by atoms with Gasteiger partial charge >= 0.3 is 6.18 Å². The molecule has 3 aromatic rings. The Morgan fingerprint density at radius 2 is 1.75 bits per heavy atom. The van der Waals surface area contributed by atoms with Crippen LogP contribution in [0.2, 0.25) is 0 Å². The minimum absolute atomic E-state index is 0.138. The van der Waals surface area contributed by atoms with Gasteiger partial charge in [-0.2, -0.15) is 17.5 Å². The van der Waals surface area contributed by atoms with Gasteiger partial charge in [-0.25, -0.2) is 26.5 Å². The smallest absolute Gasteiger partial charge is 0.416 e. The van der Waals surface area contributed by atoms with E-state index in [0.717, 1.165) is 24.7 Å². The molecule has 1 aromatic heterocycles. The van der Waals surface area contributed by atoms with Crippen molar-refractivity contribution in [2.24, 2.45) is 0 Å². The van der Waals surface area contributed by atoms with Crippen LogP contribution >= 0.6 is 11.5 Å². The summed E-state index contributed by atoms with van der Waals surface area (Å²) in [7, 11) is -2.45. The van der Waals surface area contributed by atoms with Crippen LogP contribution in [0.15, 0.2) is 35.2 Å². The summed E-state index contributed by atoms with van der Waals surface area (Å²) >= 11 is 0.733. The van der Waals surface area contributed by atoms with Crippen molar-refractivity contribution in [3.05, 3.63) is 53.4 Å². The van der Waals surface area contributed by atoms with Gasteiger partial charge < -0.3 is 18.9 Å². The van der Waals surface area contributed by atoms with E-state index in [4.69, 9.17) is 18.9 Å². The van der Waals surface area contributed by atoms with Crippen LogP contribution < -0.4 is 13.8 Å². The molecule has 0 amide bonds. The summed E-state index contributed by atoms with van der Waals surface area (Å²) in [6.45, 7) is 2.09. The third kappa shape index (κ3) is 6.77. The van der Waals surface area contributed by atoms with Crippen LogP contribution in [-0.2, 0) is 32.2 Å². The fourth-order valence-electron chi connectivity index (χ4n) is 3.66. The molecule has 0 saturated carbocycles. The number of alkyl halides is 3. The highest BCUT2D eigenvalue weighted by atomic mass is 32.2. The SMILES string of the molecule is COCN(c1nc(CN2CCOCC2)ns1)S(=O)(=O)c1cc(F)c(Oc2cc(OC)cc(C(F)(F)F)c2)cc1F. The Bertz CT molecular complexity index is 1450. The Balaban J connectivity index is 1.62. The summed E-state index contributed by atoms with van der Waals surface area (Å²) in [5.74, 6) is -4.05. The van der Waals surface area contributed by atoms with Gasteiger partial charge in [0.25, 0.3) is 10.0 Å². The first kappa shape index (κ1) is 29.9. The lowest BCUT2D eigenvalue weighted by molar-refractivity contribution is -0.137. The van der Waals surface area contributed by atoms with Crippen molar-refractivity contribution in [3.8, 4) is 17.2 Å². The average Bonchev–Trinajstić information content (AvgIpc) is 3.36. The van der Waals surface area contributed by atoms with Crippen molar-refractivity contribution >= 4 is 26.7 Å². The quantitative estimate of drug-likeness (QED) is 0.246. The molecular formula is C23H23F5N4O6S2. The minimum Gasteiger partial charge on any atom is -0.497 e. The number of methoxy groups -OCH3 is 2. The number of sulfonamides is 1. The average molecular weight is 611 g/mol. The van der Waals surface area contributed by atoms with Gasteiger partial charge in [-0.15, -0.1) is 0 Å². The van der Waals surface area contributed by atoms with E-state index in [0.29, 0.717) is 67.2 Å². The molecule has 17 heteroatoms. The van der Waals surface area contributed by atoms with Gasteiger partial charge in [-0.05, 0) is 12.1 Å². The summed E-state index contributed by atoms with van der Waals surface area (Å²) in [4.78, 5) is 5.18. The van der Waals surface area contributed by atoms with E-state index in [-0.39, 0.29) is 10.9 Å². The molecule has 2 heterocycles. The predicted molar refractivity (Wildman–Crippen MR) is 132 cm³/mol. The third-order valence-electron chi connectivity index (χ3n) is 5.61. The highest BCUT2D eigenvalue weighted by molar-refractivity contribution is 7.93. The van der Waals surface area contributed by atoms with Crippen molar-refractivity contribution in [3.63, 3.8) is 0 Å². The van der Waals surface area contributed by atoms with E-state index in [9.17, 15) is 26.0 Å². The summed E-state index contributed by atoms with van der Waals surface area (Å²) in [6, 6.07) is 3.08. The first-order chi connectivity index (χ1) is 18.9. The van der Waals surface area contributed by atoms with Crippen molar-refractivity contribution in [1.29, 1.82) is 0 Å². The molecule has 0 spiro atoms. The molecule has 40 heavy (non-hydrogen) atoms. The molecule has 1 fully saturated rings. The third-order valence-corrected chi connectivity index (χ3v) is 8.23. The number of rotatable bonds is 10. The second-order valence-electron chi connectivity index (χ2n) is 8.36. The van der Waals surface area contributed by atoms with Gasteiger partial charge in [0.2, 0.25) is 5.13 Å². The molecule has 1 aliphatic heterocycles.